The molecule has 1 fully saturated rings. The van der Waals surface area contributed by atoms with Gasteiger partial charge in [-0.05, 0) is 43.7 Å². The summed E-state index contributed by atoms with van der Waals surface area (Å²) >= 11 is 0. The number of benzene rings is 1. The predicted octanol–water partition coefficient (Wildman–Crippen LogP) is 2.83. The molecule has 134 valence electrons. The molecular formula is C19H24FN3O2. The predicted molar refractivity (Wildman–Crippen MR) is 92.7 cm³/mol. The molecule has 0 spiro atoms. The van der Waals surface area contributed by atoms with Crippen molar-refractivity contribution in [1.29, 1.82) is 0 Å². The van der Waals surface area contributed by atoms with Crippen molar-refractivity contribution in [3.63, 3.8) is 0 Å². The van der Waals surface area contributed by atoms with E-state index in [0.717, 1.165) is 25.0 Å². The smallest absolute Gasteiger partial charge is 0.149 e. The minimum atomic E-state index is -0.251. The number of likely N-dealkylation sites (N-methyl/N-ethyl adjacent to an activating group) is 1. The van der Waals surface area contributed by atoms with Crippen molar-refractivity contribution >= 4 is 0 Å². The monoisotopic (exact) mass is 345 g/mol. The van der Waals surface area contributed by atoms with Crippen LogP contribution in [0, 0.1) is 5.82 Å². The third-order valence-electron chi connectivity index (χ3n) is 4.37. The second kappa shape index (κ2) is 8.99. The third kappa shape index (κ3) is 5.04. The maximum atomic E-state index is 13.3. The summed E-state index contributed by atoms with van der Waals surface area (Å²) in [6, 6.07) is 8.13. The molecule has 0 saturated carbocycles. The van der Waals surface area contributed by atoms with Crippen LogP contribution in [0.1, 0.15) is 30.3 Å². The maximum absolute atomic E-state index is 13.3. The van der Waals surface area contributed by atoms with Crippen LogP contribution in [0.5, 0.6) is 0 Å². The van der Waals surface area contributed by atoms with Crippen LogP contribution in [0.25, 0.3) is 0 Å². The first-order valence-electron chi connectivity index (χ1n) is 8.66. The summed E-state index contributed by atoms with van der Waals surface area (Å²) in [5, 5.41) is 0. The van der Waals surface area contributed by atoms with Crippen LogP contribution < -0.4 is 0 Å². The average Bonchev–Trinajstić information content (AvgIpc) is 3.15. The van der Waals surface area contributed by atoms with E-state index >= 15 is 0 Å². The minimum Gasteiger partial charge on any atom is -0.377 e. The van der Waals surface area contributed by atoms with Gasteiger partial charge >= 0.3 is 0 Å². The lowest BCUT2D eigenvalue weighted by molar-refractivity contribution is 0.0102. The number of hydrogen-bond acceptors (Lipinski definition) is 5. The Balaban J connectivity index is 1.62. The highest BCUT2D eigenvalue weighted by Gasteiger charge is 2.22. The molecule has 25 heavy (non-hydrogen) atoms. The fraction of sp³-hybridized carbons (Fsp3) is 0.474. The number of halogens is 1. The fourth-order valence-electron chi connectivity index (χ4n) is 3.03. The highest BCUT2D eigenvalue weighted by molar-refractivity contribution is 5.25. The molecule has 5 nitrogen and oxygen atoms in total. The van der Waals surface area contributed by atoms with E-state index in [0.29, 0.717) is 25.6 Å². The van der Waals surface area contributed by atoms with Crippen LogP contribution in [-0.2, 0) is 9.47 Å². The molecule has 2 aromatic rings. The molecule has 0 bridgehead atoms. The van der Waals surface area contributed by atoms with Crippen LogP contribution in [0.3, 0.4) is 0 Å². The summed E-state index contributed by atoms with van der Waals surface area (Å²) in [7, 11) is 2.00. The summed E-state index contributed by atoms with van der Waals surface area (Å²) < 4.78 is 24.6. The van der Waals surface area contributed by atoms with Gasteiger partial charge in [0.25, 0.3) is 0 Å². The lowest BCUT2D eigenvalue weighted by Gasteiger charge is -2.27. The van der Waals surface area contributed by atoms with Crippen molar-refractivity contribution in [3.8, 4) is 0 Å². The summed E-state index contributed by atoms with van der Waals surface area (Å²) in [6.07, 6.45) is 5.87. The van der Waals surface area contributed by atoms with Crippen molar-refractivity contribution in [1.82, 2.24) is 14.9 Å². The van der Waals surface area contributed by atoms with E-state index < -0.39 is 0 Å². The first kappa shape index (κ1) is 17.9. The quantitative estimate of drug-likeness (QED) is 0.689. The number of nitrogens with zero attached hydrogens (tertiary/aromatic N) is 3. The van der Waals surface area contributed by atoms with Gasteiger partial charge in [0.15, 0.2) is 0 Å². The van der Waals surface area contributed by atoms with Gasteiger partial charge in [-0.2, -0.15) is 0 Å². The summed E-state index contributed by atoms with van der Waals surface area (Å²) in [4.78, 5) is 10.9. The minimum absolute atomic E-state index is 0.145. The molecule has 2 heterocycles. The van der Waals surface area contributed by atoms with E-state index in [4.69, 9.17) is 9.47 Å². The summed E-state index contributed by atoms with van der Waals surface area (Å²) in [6.45, 7) is 2.79. The van der Waals surface area contributed by atoms with Gasteiger partial charge < -0.3 is 9.47 Å². The zero-order valence-electron chi connectivity index (χ0n) is 14.5. The molecule has 1 saturated heterocycles. The average molecular weight is 345 g/mol. The second-order valence-electron chi connectivity index (χ2n) is 6.25. The first-order chi connectivity index (χ1) is 12.2. The molecule has 1 aromatic carbocycles. The van der Waals surface area contributed by atoms with Gasteiger partial charge in [0.2, 0.25) is 0 Å². The van der Waals surface area contributed by atoms with Gasteiger partial charge in [-0.1, -0.05) is 12.1 Å². The van der Waals surface area contributed by atoms with Crippen LogP contribution in [0.2, 0.25) is 0 Å². The van der Waals surface area contributed by atoms with Gasteiger partial charge in [0, 0.05) is 25.5 Å². The molecule has 0 unspecified atom stereocenters. The number of aromatic nitrogens is 2. The zero-order chi connectivity index (χ0) is 17.5. The Labute approximate surface area is 147 Å². The van der Waals surface area contributed by atoms with E-state index in [1.54, 1.807) is 30.6 Å². The summed E-state index contributed by atoms with van der Waals surface area (Å²) in [5.74, 6) is 0.440. The largest absolute Gasteiger partial charge is 0.377 e. The van der Waals surface area contributed by atoms with E-state index in [1.165, 1.54) is 12.1 Å². The molecule has 2 atom stereocenters. The molecule has 3 rings (SSSR count). The van der Waals surface area contributed by atoms with Gasteiger partial charge in [-0.25, -0.2) is 14.4 Å². The topological polar surface area (TPSA) is 47.5 Å². The van der Waals surface area contributed by atoms with Crippen molar-refractivity contribution in [2.75, 3.05) is 33.4 Å². The van der Waals surface area contributed by atoms with Gasteiger partial charge in [-0.3, -0.25) is 4.90 Å². The lowest BCUT2D eigenvalue weighted by atomic mass is 10.0. The molecule has 0 radical (unpaired) electrons. The number of hydrogen-bond donors (Lipinski definition) is 0. The normalized spacial score (nSPS) is 18.6. The summed E-state index contributed by atoms with van der Waals surface area (Å²) in [5.41, 5.74) is 0.953. The molecule has 0 aliphatic carbocycles. The fourth-order valence-corrected chi connectivity index (χ4v) is 3.03. The standard InChI is InChI=1S/C19H24FN3O2/c1-23(11-13-24-14-17-4-2-12-25-17)18(19-21-9-3-10-22-19)15-5-7-16(20)8-6-15/h3,5-10,17-18H,2,4,11-14H2,1H3/t17-,18+/m1/s1. The van der Waals surface area contributed by atoms with Crippen LogP contribution in [0.15, 0.2) is 42.7 Å². The number of rotatable bonds is 8. The highest BCUT2D eigenvalue weighted by atomic mass is 19.1. The lowest BCUT2D eigenvalue weighted by Crippen LogP contribution is -2.31. The van der Waals surface area contributed by atoms with Crippen molar-refractivity contribution < 1.29 is 13.9 Å². The maximum Gasteiger partial charge on any atom is 0.149 e. The zero-order valence-corrected chi connectivity index (χ0v) is 14.5. The van der Waals surface area contributed by atoms with Crippen LogP contribution in [0.4, 0.5) is 4.39 Å². The van der Waals surface area contributed by atoms with Crippen molar-refractivity contribution in [3.05, 3.63) is 59.9 Å². The Morgan fingerprint density at radius 3 is 2.72 bits per heavy atom. The molecule has 1 aliphatic heterocycles. The Morgan fingerprint density at radius 2 is 2.04 bits per heavy atom. The number of ether oxygens (including phenoxy) is 2. The Kier molecular flexibility index (Phi) is 6.44. The van der Waals surface area contributed by atoms with E-state index in [2.05, 4.69) is 14.9 Å². The first-order valence-corrected chi connectivity index (χ1v) is 8.66. The molecule has 0 N–H and O–H groups in total. The third-order valence-corrected chi connectivity index (χ3v) is 4.37. The molecule has 6 heteroatoms. The Bertz CT molecular complexity index is 633. The Hall–Kier alpha value is -1.89. The SMILES string of the molecule is CN(CCOC[C@H]1CCCO1)[C@@H](c1ccc(F)cc1)c1ncccn1. The Morgan fingerprint density at radius 1 is 1.28 bits per heavy atom. The molecule has 1 aromatic heterocycles. The molecular weight excluding hydrogens is 321 g/mol. The van der Waals surface area contributed by atoms with E-state index in [1.807, 2.05) is 7.05 Å². The van der Waals surface area contributed by atoms with Gasteiger partial charge in [0.1, 0.15) is 11.6 Å². The van der Waals surface area contributed by atoms with E-state index in [9.17, 15) is 4.39 Å². The van der Waals surface area contributed by atoms with Crippen LogP contribution in [-0.4, -0.2) is 54.4 Å². The van der Waals surface area contributed by atoms with Gasteiger partial charge in [-0.15, -0.1) is 0 Å². The van der Waals surface area contributed by atoms with Crippen molar-refractivity contribution in [2.24, 2.45) is 0 Å². The molecule has 0 amide bonds. The second-order valence-corrected chi connectivity index (χ2v) is 6.25. The van der Waals surface area contributed by atoms with Crippen molar-refractivity contribution in [2.45, 2.75) is 25.0 Å². The van der Waals surface area contributed by atoms with Gasteiger partial charge in [0.05, 0.1) is 25.4 Å². The van der Waals surface area contributed by atoms with Crippen LogP contribution >= 0.6 is 0 Å². The molecule has 1 aliphatic rings. The van der Waals surface area contributed by atoms with E-state index in [-0.39, 0.29) is 18.0 Å². The highest BCUT2D eigenvalue weighted by Crippen LogP contribution is 2.24.